The molecule has 0 unspecified atom stereocenters. The Labute approximate surface area is 229 Å². The Balaban J connectivity index is 1.69. The van der Waals surface area contributed by atoms with Crippen LogP contribution in [0.2, 0.25) is 0 Å². The van der Waals surface area contributed by atoms with Crippen LogP contribution in [0.1, 0.15) is 16.8 Å². The zero-order valence-corrected chi connectivity index (χ0v) is 22.9. The second-order valence-corrected chi connectivity index (χ2v) is 12.6. The van der Waals surface area contributed by atoms with E-state index in [1.165, 1.54) is 41.8 Å². The maximum atomic E-state index is 15.6. The van der Waals surface area contributed by atoms with Crippen molar-refractivity contribution >= 4 is 60.5 Å². The van der Waals surface area contributed by atoms with Gasteiger partial charge in [-0.05, 0) is 65.9 Å². The second kappa shape index (κ2) is 9.85. The van der Waals surface area contributed by atoms with Gasteiger partial charge in [-0.2, -0.15) is 0 Å². The van der Waals surface area contributed by atoms with E-state index in [-0.39, 0.29) is 34.0 Å². The molecule has 2 heterocycles. The van der Waals surface area contributed by atoms with Crippen LogP contribution >= 0.6 is 33.9 Å². The van der Waals surface area contributed by atoms with Crippen LogP contribution in [0.5, 0.6) is 11.5 Å². The molecule has 0 amide bonds. The van der Waals surface area contributed by atoms with Crippen LogP contribution in [-0.4, -0.2) is 17.4 Å². The smallest absolute Gasteiger partial charge is 0.268 e. The van der Waals surface area contributed by atoms with Gasteiger partial charge in [-0.1, -0.05) is 17.7 Å². The molecule has 0 saturated carbocycles. The van der Waals surface area contributed by atoms with Crippen LogP contribution in [0, 0.1) is 28.1 Å². The summed E-state index contributed by atoms with van der Waals surface area (Å²) in [6, 6.07) is 12.7. The van der Waals surface area contributed by atoms with Crippen molar-refractivity contribution in [1.82, 2.24) is 8.96 Å². The summed E-state index contributed by atoms with van der Waals surface area (Å²) in [5.74, 6) is -1.59. The summed E-state index contributed by atoms with van der Waals surface area (Å²) in [6.45, 7) is 8.99. The quantitative estimate of drug-likeness (QED) is 0.142. The molecular formula is C26H16F2IN3O3S2. The zero-order chi connectivity index (χ0) is 26.3. The highest BCUT2D eigenvalue weighted by atomic mass is 127. The third kappa shape index (κ3) is 4.84. The van der Waals surface area contributed by atoms with Crippen molar-refractivity contribution in [2.45, 2.75) is 18.2 Å². The van der Waals surface area contributed by atoms with E-state index in [0.29, 0.717) is 16.6 Å². The fourth-order valence-corrected chi connectivity index (χ4v) is 6.47. The van der Waals surface area contributed by atoms with Gasteiger partial charge in [0, 0.05) is 35.0 Å². The molecular weight excluding hydrogens is 631 g/mol. The lowest BCUT2D eigenvalue weighted by atomic mass is 10.0. The summed E-state index contributed by atoms with van der Waals surface area (Å²) in [7, 11) is -4.01. The van der Waals surface area contributed by atoms with Crippen LogP contribution in [0.15, 0.2) is 71.1 Å². The third-order valence-electron chi connectivity index (χ3n) is 5.69. The van der Waals surface area contributed by atoms with E-state index < -0.39 is 21.7 Å². The molecule has 37 heavy (non-hydrogen) atoms. The van der Waals surface area contributed by atoms with Gasteiger partial charge in [-0.15, -0.1) is 11.3 Å². The molecule has 0 aliphatic carbocycles. The molecule has 0 bridgehead atoms. The lowest BCUT2D eigenvalue weighted by Gasteiger charge is -2.15. The molecule has 5 rings (SSSR count). The van der Waals surface area contributed by atoms with E-state index in [1.807, 2.05) is 12.3 Å². The number of nitrogens with zero attached hydrogens (tertiary/aromatic N) is 3. The minimum Gasteiger partial charge on any atom is -0.455 e. The van der Waals surface area contributed by atoms with Crippen molar-refractivity contribution < 1.29 is 21.9 Å². The predicted octanol–water partition coefficient (Wildman–Crippen LogP) is 7.46. The number of ether oxygens (including phenoxy) is 1. The molecule has 0 aliphatic rings. The number of halogens is 3. The first-order valence-corrected chi connectivity index (χ1v) is 14.2. The van der Waals surface area contributed by atoms with Crippen molar-refractivity contribution in [3.8, 4) is 11.5 Å². The lowest BCUT2D eigenvalue weighted by molar-refractivity contribution is 0.438. The minimum absolute atomic E-state index is 0.0740. The largest absolute Gasteiger partial charge is 0.455 e. The van der Waals surface area contributed by atoms with Crippen molar-refractivity contribution in [2.75, 3.05) is 0 Å². The van der Waals surface area contributed by atoms with E-state index in [9.17, 15) is 12.8 Å². The molecule has 186 valence electrons. The summed E-state index contributed by atoms with van der Waals surface area (Å²) < 4.78 is 64.0. The van der Waals surface area contributed by atoms with Gasteiger partial charge in [0.2, 0.25) is 5.69 Å². The molecule has 5 aromatic rings. The van der Waals surface area contributed by atoms with E-state index >= 15 is 4.39 Å². The summed E-state index contributed by atoms with van der Waals surface area (Å²) in [5, 5.41) is 2.29. The summed E-state index contributed by atoms with van der Waals surface area (Å²) in [6.07, 6.45) is 1.54. The van der Waals surface area contributed by atoms with Crippen LogP contribution in [0.3, 0.4) is 0 Å². The normalized spacial score (nSPS) is 11.5. The molecule has 2 aromatic heterocycles. The Morgan fingerprint density at radius 1 is 1.11 bits per heavy atom. The van der Waals surface area contributed by atoms with E-state index in [2.05, 4.69) is 32.4 Å². The van der Waals surface area contributed by atoms with Crippen molar-refractivity contribution in [2.24, 2.45) is 0 Å². The molecule has 0 saturated heterocycles. The number of hydrogen-bond donors (Lipinski definition) is 0. The van der Waals surface area contributed by atoms with Gasteiger partial charge in [0.05, 0.1) is 22.7 Å². The molecule has 11 heteroatoms. The van der Waals surface area contributed by atoms with Crippen molar-refractivity contribution in [1.29, 1.82) is 0 Å². The topological polar surface area (TPSA) is 65.6 Å². The van der Waals surface area contributed by atoms with E-state index in [0.717, 1.165) is 24.7 Å². The fourth-order valence-electron chi connectivity index (χ4n) is 3.90. The molecule has 0 spiro atoms. The first kappa shape index (κ1) is 25.3. The monoisotopic (exact) mass is 647 g/mol. The number of fused-ring (bicyclic) bond motifs is 1. The van der Waals surface area contributed by atoms with Gasteiger partial charge in [-0.25, -0.2) is 31.0 Å². The predicted molar refractivity (Wildman–Crippen MR) is 146 cm³/mol. The van der Waals surface area contributed by atoms with Crippen LogP contribution in [0.25, 0.3) is 15.7 Å². The van der Waals surface area contributed by atoms with E-state index in [1.54, 1.807) is 18.2 Å². The van der Waals surface area contributed by atoms with Crippen molar-refractivity contribution in [3.63, 3.8) is 0 Å². The Kier molecular flexibility index (Phi) is 6.74. The number of aryl methyl sites for hydroxylation is 1. The van der Waals surface area contributed by atoms with Gasteiger partial charge in [0.1, 0.15) is 11.6 Å². The summed E-state index contributed by atoms with van der Waals surface area (Å²) in [5.41, 5.74) is 1.83. The van der Waals surface area contributed by atoms with Gasteiger partial charge < -0.3 is 4.74 Å². The highest BCUT2D eigenvalue weighted by molar-refractivity contribution is 14.1. The van der Waals surface area contributed by atoms with Gasteiger partial charge >= 0.3 is 0 Å². The van der Waals surface area contributed by atoms with Crippen LogP contribution < -0.4 is 4.74 Å². The van der Waals surface area contributed by atoms with Gasteiger partial charge in [-0.3, -0.25) is 0 Å². The SMILES string of the molecule is [C-]#[N+]c1cc(Oc2c(F)cc3c(ccn3S(=O)(=O)c3ccc(C)cc3)c2Cc2csc(I)n2)ccc1F. The summed E-state index contributed by atoms with van der Waals surface area (Å²) >= 11 is 3.51. The van der Waals surface area contributed by atoms with E-state index in [4.69, 9.17) is 11.3 Å². The molecule has 3 aromatic carbocycles. The van der Waals surface area contributed by atoms with Crippen LogP contribution in [0.4, 0.5) is 14.5 Å². The molecule has 0 aliphatic heterocycles. The Hall–Kier alpha value is -3.34. The highest BCUT2D eigenvalue weighted by Gasteiger charge is 2.25. The second-order valence-electron chi connectivity index (χ2n) is 8.12. The minimum atomic E-state index is -4.01. The molecule has 6 nitrogen and oxygen atoms in total. The number of rotatable bonds is 6. The number of hydrogen-bond acceptors (Lipinski definition) is 5. The highest BCUT2D eigenvalue weighted by Crippen LogP contribution is 2.38. The maximum absolute atomic E-state index is 15.6. The standard InChI is InChI=1S/C26H16F2IN3O3S2/c1-15-3-6-18(7-4-15)37(33,34)32-10-9-19-20(11-16-14-36-26(29)31-16)25(22(28)13-24(19)32)35-17-5-8-21(27)23(12-17)30-2/h3-10,12-14H,11H2,1H3. The van der Waals surface area contributed by atoms with Gasteiger partial charge in [0.15, 0.2) is 14.6 Å². The molecule has 0 N–H and O–H groups in total. The van der Waals surface area contributed by atoms with Crippen LogP contribution in [-0.2, 0) is 16.4 Å². The first-order chi connectivity index (χ1) is 17.7. The maximum Gasteiger partial charge on any atom is 0.268 e. The molecule has 0 fully saturated rings. The number of benzene rings is 3. The summed E-state index contributed by atoms with van der Waals surface area (Å²) in [4.78, 5) is 7.65. The number of thiazole rings is 1. The van der Waals surface area contributed by atoms with Gasteiger partial charge in [0.25, 0.3) is 10.0 Å². The molecule has 0 atom stereocenters. The Morgan fingerprint density at radius 3 is 2.54 bits per heavy atom. The van der Waals surface area contributed by atoms with Crippen molar-refractivity contribution in [3.05, 3.63) is 109 Å². The Bertz CT molecular complexity index is 1810. The average Bonchev–Trinajstić information content (AvgIpc) is 3.48. The Morgan fingerprint density at radius 2 is 1.86 bits per heavy atom. The zero-order valence-electron chi connectivity index (χ0n) is 19.1. The fraction of sp³-hybridized carbons (Fsp3) is 0.0769. The molecule has 0 radical (unpaired) electrons. The third-order valence-corrected chi connectivity index (χ3v) is 9.07. The first-order valence-electron chi connectivity index (χ1n) is 10.8. The lowest BCUT2D eigenvalue weighted by Crippen LogP contribution is -2.12. The number of aromatic nitrogens is 2. The average molecular weight is 647 g/mol.